The molecule has 0 aliphatic carbocycles. The van der Waals surface area contributed by atoms with E-state index in [9.17, 15) is 4.79 Å². The molecule has 6 nitrogen and oxygen atoms in total. The quantitative estimate of drug-likeness (QED) is 0.639. The smallest absolute Gasteiger partial charge is 0.274 e. The van der Waals surface area contributed by atoms with Gasteiger partial charge in [0.15, 0.2) is 5.89 Å². The molecule has 1 unspecified atom stereocenters. The highest BCUT2D eigenvalue weighted by Gasteiger charge is 2.30. The van der Waals surface area contributed by atoms with Gasteiger partial charge in [-0.3, -0.25) is 9.89 Å². The summed E-state index contributed by atoms with van der Waals surface area (Å²) < 4.78 is 6.04. The molecule has 7 heteroatoms. The fourth-order valence-electron chi connectivity index (χ4n) is 3.76. The summed E-state index contributed by atoms with van der Waals surface area (Å²) in [6.45, 7) is 7.58. The average molecular weight is 427 g/mol. The van der Waals surface area contributed by atoms with Crippen LogP contribution in [0.1, 0.15) is 72.9 Å². The number of piperidine rings is 1. The molecule has 1 atom stereocenters. The zero-order chi connectivity index (χ0) is 21.3. The summed E-state index contributed by atoms with van der Waals surface area (Å²) in [7, 11) is 0. The normalized spacial score (nSPS) is 17.3. The Balaban J connectivity index is 1.44. The monoisotopic (exact) mass is 426 g/mol. The Labute approximate surface area is 181 Å². The molecule has 1 N–H and O–H groups in total. The van der Waals surface area contributed by atoms with Crippen LogP contribution in [-0.2, 0) is 11.8 Å². The van der Waals surface area contributed by atoms with Gasteiger partial charge in [-0.25, -0.2) is 4.98 Å². The maximum Gasteiger partial charge on any atom is 0.274 e. The molecule has 1 fully saturated rings. The number of hydrogen-bond donors (Lipinski definition) is 1. The highest BCUT2D eigenvalue weighted by molar-refractivity contribution is 6.31. The van der Waals surface area contributed by atoms with E-state index in [2.05, 4.69) is 36.0 Å². The molecule has 1 amide bonds. The van der Waals surface area contributed by atoms with E-state index in [0.717, 1.165) is 41.4 Å². The summed E-state index contributed by atoms with van der Waals surface area (Å²) in [6, 6.07) is 9.59. The maximum absolute atomic E-state index is 13.0. The summed E-state index contributed by atoms with van der Waals surface area (Å²) in [6.07, 6.45) is 4.23. The summed E-state index contributed by atoms with van der Waals surface area (Å²) in [5.74, 6) is 1.51. The van der Waals surface area contributed by atoms with E-state index in [1.54, 1.807) is 6.20 Å². The summed E-state index contributed by atoms with van der Waals surface area (Å²) in [4.78, 5) is 19.3. The zero-order valence-electron chi connectivity index (χ0n) is 17.6. The molecule has 0 radical (unpaired) electrons. The lowest BCUT2D eigenvalue weighted by Gasteiger charge is -2.30. The van der Waals surface area contributed by atoms with Crippen molar-refractivity contribution in [3.05, 3.63) is 70.2 Å². The first-order chi connectivity index (χ1) is 14.3. The van der Waals surface area contributed by atoms with Crippen LogP contribution in [0.3, 0.4) is 0 Å². The van der Waals surface area contributed by atoms with Crippen molar-refractivity contribution < 1.29 is 9.21 Å². The minimum absolute atomic E-state index is 0.0469. The first kappa shape index (κ1) is 20.7. The number of carbonyl (C=O) groups is 1. The predicted molar refractivity (Wildman–Crippen MR) is 116 cm³/mol. The van der Waals surface area contributed by atoms with Crippen molar-refractivity contribution in [1.29, 1.82) is 0 Å². The number of rotatable bonds is 4. The van der Waals surface area contributed by atoms with Gasteiger partial charge in [-0.15, -0.1) is 0 Å². The van der Waals surface area contributed by atoms with Gasteiger partial charge in [0.2, 0.25) is 0 Å². The van der Waals surface area contributed by atoms with Gasteiger partial charge < -0.3 is 9.32 Å². The van der Waals surface area contributed by atoms with Crippen molar-refractivity contribution in [2.75, 3.05) is 13.1 Å². The lowest BCUT2D eigenvalue weighted by atomic mass is 9.92. The first-order valence-corrected chi connectivity index (χ1v) is 10.7. The van der Waals surface area contributed by atoms with E-state index >= 15 is 0 Å². The van der Waals surface area contributed by atoms with Crippen LogP contribution in [-0.4, -0.2) is 39.1 Å². The van der Waals surface area contributed by atoms with Crippen LogP contribution in [0.2, 0.25) is 5.02 Å². The summed E-state index contributed by atoms with van der Waals surface area (Å²) in [5, 5.41) is 7.97. The molecule has 0 spiro atoms. The van der Waals surface area contributed by atoms with E-state index in [1.165, 1.54) is 0 Å². The van der Waals surface area contributed by atoms with Gasteiger partial charge >= 0.3 is 0 Å². The number of halogens is 1. The SMILES string of the molecule is CC(C)(C)c1cc(C(=O)N2CCCC(c3ncc(Cc4ccccc4Cl)o3)C2)n[nH]1. The minimum atomic E-state index is -0.0773. The standard InChI is InChI=1S/C23H27ClN4O2/c1-23(2,3)20-12-19(26-27-20)22(29)28-10-6-8-16(14-28)21-25-13-17(30-21)11-15-7-4-5-9-18(15)24/h4-5,7,9,12-13,16H,6,8,10-11,14H2,1-3H3,(H,26,27). The number of benzene rings is 1. The molecule has 2 aromatic heterocycles. The second-order valence-corrected chi connectivity index (χ2v) is 9.35. The van der Waals surface area contributed by atoms with Gasteiger partial charge in [0.05, 0.1) is 12.1 Å². The van der Waals surface area contributed by atoms with Gasteiger partial charge in [-0.2, -0.15) is 5.10 Å². The topological polar surface area (TPSA) is 75.0 Å². The fourth-order valence-corrected chi connectivity index (χ4v) is 3.97. The molecular formula is C23H27ClN4O2. The van der Waals surface area contributed by atoms with Gasteiger partial charge in [0.1, 0.15) is 11.5 Å². The number of oxazole rings is 1. The predicted octanol–water partition coefficient (Wildman–Crippen LogP) is 4.96. The number of likely N-dealkylation sites (tertiary alicyclic amines) is 1. The molecule has 1 saturated heterocycles. The van der Waals surface area contributed by atoms with Crippen LogP contribution in [0, 0.1) is 0 Å². The highest BCUT2D eigenvalue weighted by Crippen LogP contribution is 2.29. The maximum atomic E-state index is 13.0. The molecule has 4 rings (SSSR count). The van der Waals surface area contributed by atoms with E-state index in [1.807, 2.05) is 35.2 Å². The number of carbonyl (C=O) groups excluding carboxylic acids is 1. The summed E-state index contributed by atoms with van der Waals surface area (Å²) in [5.41, 5.74) is 2.35. The molecule has 158 valence electrons. The van der Waals surface area contributed by atoms with E-state index in [-0.39, 0.29) is 17.2 Å². The van der Waals surface area contributed by atoms with Gasteiger partial charge in [0.25, 0.3) is 5.91 Å². The first-order valence-electron chi connectivity index (χ1n) is 10.3. The van der Waals surface area contributed by atoms with Crippen LogP contribution in [0.5, 0.6) is 0 Å². The number of amides is 1. The largest absolute Gasteiger partial charge is 0.445 e. The third-order valence-corrected chi connectivity index (χ3v) is 5.93. The highest BCUT2D eigenvalue weighted by atomic mass is 35.5. The Kier molecular flexibility index (Phi) is 5.69. The summed E-state index contributed by atoms with van der Waals surface area (Å²) >= 11 is 6.26. The minimum Gasteiger partial charge on any atom is -0.445 e. The number of nitrogens with zero attached hydrogens (tertiary/aromatic N) is 3. The van der Waals surface area contributed by atoms with Crippen molar-refractivity contribution >= 4 is 17.5 Å². The fraction of sp³-hybridized carbons (Fsp3) is 0.435. The Morgan fingerprint density at radius 3 is 2.87 bits per heavy atom. The third kappa shape index (κ3) is 4.43. The lowest BCUT2D eigenvalue weighted by molar-refractivity contribution is 0.0692. The van der Waals surface area contributed by atoms with Gasteiger partial charge in [-0.1, -0.05) is 50.6 Å². The number of aromatic nitrogens is 3. The molecule has 30 heavy (non-hydrogen) atoms. The average Bonchev–Trinajstić information content (AvgIpc) is 3.39. The van der Waals surface area contributed by atoms with Crippen LogP contribution >= 0.6 is 11.6 Å². The number of aromatic amines is 1. The molecule has 0 saturated carbocycles. The molecule has 1 aromatic carbocycles. The Bertz CT molecular complexity index is 1030. The molecule has 1 aliphatic heterocycles. The second-order valence-electron chi connectivity index (χ2n) is 8.94. The second kappa shape index (κ2) is 8.26. The van der Waals surface area contributed by atoms with E-state index in [4.69, 9.17) is 16.0 Å². The number of H-pyrrole nitrogens is 1. The Morgan fingerprint density at radius 2 is 2.13 bits per heavy atom. The van der Waals surface area contributed by atoms with Crippen LogP contribution in [0.15, 0.2) is 40.9 Å². The Hall–Kier alpha value is -2.60. The van der Waals surface area contributed by atoms with Crippen molar-refractivity contribution in [3.8, 4) is 0 Å². The van der Waals surface area contributed by atoms with Gasteiger partial charge in [-0.05, 0) is 30.5 Å². The van der Waals surface area contributed by atoms with Crippen LogP contribution < -0.4 is 0 Å². The van der Waals surface area contributed by atoms with Crippen molar-refractivity contribution in [3.63, 3.8) is 0 Å². The lowest BCUT2D eigenvalue weighted by Crippen LogP contribution is -2.39. The molecular weight excluding hydrogens is 400 g/mol. The van der Waals surface area contributed by atoms with E-state index in [0.29, 0.717) is 24.6 Å². The molecule has 3 aromatic rings. The zero-order valence-corrected chi connectivity index (χ0v) is 18.4. The van der Waals surface area contributed by atoms with Crippen LogP contribution in [0.4, 0.5) is 0 Å². The van der Waals surface area contributed by atoms with E-state index < -0.39 is 0 Å². The van der Waals surface area contributed by atoms with Crippen LogP contribution in [0.25, 0.3) is 0 Å². The third-order valence-electron chi connectivity index (χ3n) is 5.56. The van der Waals surface area contributed by atoms with Gasteiger partial charge in [0, 0.05) is 35.6 Å². The van der Waals surface area contributed by atoms with Crippen molar-refractivity contribution in [2.24, 2.45) is 0 Å². The Morgan fingerprint density at radius 1 is 1.33 bits per heavy atom. The van der Waals surface area contributed by atoms with Crippen molar-refractivity contribution in [2.45, 2.75) is 51.4 Å². The molecule has 3 heterocycles. The number of nitrogens with one attached hydrogen (secondary N) is 1. The molecule has 1 aliphatic rings. The number of hydrogen-bond acceptors (Lipinski definition) is 4. The molecule has 0 bridgehead atoms. The van der Waals surface area contributed by atoms with Crippen molar-refractivity contribution in [1.82, 2.24) is 20.1 Å².